The topological polar surface area (TPSA) is 67.8 Å². The molecule has 5 heteroatoms. The number of hydrogen-bond donors (Lipinski definition) is 2. The predicted molar refractivity (Wildman–Crippen MR) is 68.3 cm³/mol. The minimum absolute atomic E-state index is 0.212. The van der Waals surface area contributed by atoms with E-state index in [-0.39, 0.29) is 12.1 Å². The van der Waals surface area contributed by atoms with Gasteiger partial charge in [-0.1, -0.05) is 0 Å². The molecule has 0 radical (unpaired) electrons. The van der Waals surface area contributed by atoms with E-state index in [0.717, 1.165) is 0 Å². The summed E-state index contributed by atoms with van der Waals surface area (Å²) in [7, 11) is 0. The van der Waals surface area contributed by atoms with Gasteiger partial charge >= 0.3 is 5.97 Å². The summed E-state index contributed by atoms with van der Waals surface area (Å²) in [5, 5.41) is 13.3. The maximum absolute atomic E-state index is 11.8. The number of aliphatic hydroxyl groups is 1. The average molecular weight is 259 g/mol. The van der Waals surface area contributed by atoms with Gasteiger partial charge in [0, 0.05) is 19.6 Å². The van der Waals surface area contributed by atoms with E-state index in [9.17, 15) is 9.90 Å². The molecule has 0 saturated carbocycles. The van der Waals surface area contributed by atoms with E-state index in [4.69, 9.17) is 9.47 Å². The van der Waals surface area contributed by atoms with E-state index in [2.05, 4.69) is 5.32 Å². The van der Waals surface area contributed by atoms with Crippen LogP contribution in [0.25, 0.3) is 0 Å². The zero-order valence-corrected chi connectivity index (χ0v) is 11.9. The second kappa shape index (κ2) is 5.55. The van der Waals surface area contributed by atoms with Gasteiger partial charge in [0.1, 0.15) is 17.2 Å². The smallest absolute Gasteiger partial charge is 0.323 e. The highest BCUT2D eigenvalue weighted by atomic mass is 16.6. The molecule has 2 N–H and O–H groups in total. The predicted octanol–water partition coefficient (Wildman–Crippen LogP) is 0.846. The molecular formula is C13H25NO4. The highest BCUT2D eigenvalue weighted by Gasteiger charge is 2.39. The highest BCUT2D eigenvalue weighted by molar-refractivity contribution is 5.75. The van der Waals surface area contributed by atoms with Gasteiger partial charge in [0.2, 0.25) is 0 Å². The SMILES string of the molecule is CC(NCC1(O)CCOC1C)C(=O)OC(C)(C)C. The van der Waals surface area contributed by atoms with E-state index in [1.807, 2.05) is 27.7 Å². The Labute approximate surface area is 109 Å². The molecule has 1 rings (SSSR count). The van der Waals surface area contributed by atoms with Crippen LogP contribution in [0.4, 0.5) is 0 Å². The second-order valence-corrected chi connectivity index (χ2v) is 6.00. The fourth-order valence-electron chi connectivity index (χ4n) is 1.81. The van der Waals surface area contributed by atoms with Gasteiger partial charge < -0.3 is 19.9 Å². The van der Waals surface area contributed by atoms with Crippen molar-refractivity contribution in [3.8, 4) is 0 Å². The van der Waals surface area contributed by atoms with Crippen molar-refractivity contribution >= 4 is 5.97 Å². The zero-order valence-electron chi connectivity index (χ0n) is 11.9. The van der Waals surface area contributed by atoms with Crippen molar-refractivity contribution in [3.63, 3.8) is 0 Å². The number of esters is 1. The summed E-state index contributed by atoms with van der Waals surface area (Å²) in [6, 6.07) is -0.443. The normalized spacial score (nSPS) is 30.2. The van der Waals surface area contributed by atoms with Crippen LogP contribution in [0.2, 0.25) is 0 Å². The molecule has 1 heterocycles. The highest BCUT2D eigenvalue weighted by Crippen LogP contribution is 2.24. The van der Waals surface area contributed by atoms with Gasteiger partial charge in [-0.15, -0.1) is 0 Å². The van der Waals surface area contributed by atoms with Gasteiger partial charge in [0.15, 0.2) is 0 Å². The Morgan fingerprint density at radius 2 is 2.22 bits per heavy atom. The Kier molecular flexibility index (Phi) is 4.75. The summed E-state index contributed by atoms with van der Waals surface area (Å²) in [6.45, 7) is 9.95. The van der Waals surface area contributed by atoms with Crippen molar-refractivity contribution in [1.29, 1.82) is 0 Å². The molecule has 5 nitrogen and oxygen atoms in total. The van der Waals surface area contributed by atoms with Gasteiger partial charge in [-0.3, -0.25) is 4.79 Å². The lowest BCUT2D eigenvalue weighted by molar-refractivity contribution is -0.157. The number of nitrogens with one attached hydrogen (secondary N) is 1. The molecule has 0 spiro atoms. The molecule has 1 aliphatic rings. The lowest BCUT2D eigenvalue weighted by Crippen LogP contribution is -2.50. The fraction of sp³-hybridized carbons (Fsp3) is 0.923. The summed E-state index contributed by atoms with van der Waals surface area (Å²) in [4.78, 5) is 11.8. The quantitative estimate of drug-likeness (QED) is 0.733. The molecule has 106 valence electrons. The Bertz CT molecular complexity index is 300. The molecule has 1 fully saturated rings. The van der Waals surface area contributed by atoms with E-state index in [1.54, 1.807) is 6.92 Å². The molecule has 18 heavy (non-hydrogen) atoms. The molecule has 0 aromatic heterocycles. The Morgan fingerprint density at radius 1 is 1.61 bits per heavy atom. The lowest BCUT2D eigenvalue weighted by Gasteiger charge is -2.28. The number of carbonyl (C=O) groups is 1. The summed E-state index contributed by atoms with van der Waals surface area (Å²) in [5.74, 6) is -0.308. The van der Waals surface area contributed by atoms with Crippen molar-refractivity contribution in [2.24, 2.45) is 0 Å². The van der Waals surface area contributed by atoms with Gasteiger partial charge in [0.25, 0.3) is 0 Å². The van der Waals surface area contributed by atoms with E-state index in [1.165, 1.54) is 0 Å². The third-order valence-electron chi connectivity index (χ3n) is 3.13. The van der Waals surface area contributed by atoms with Gasteiger partial charge in [-0.25, -0.2) is 0 Å². The second-order valence-electron chi connectivity index (χ2n) is 6.00. The molecular weight excluding hydrogens is 234 g/mol. The summed E-state index contributed by atoms with van der Waals surface area (Å²) >= 11 is 0. The van der Waals surface area contributed by atoms with Gasteiger partial charge in [-0.05, 0) is 34.6 Å². The number of ether oxygens (including phenoxy) is 2. The van der Waals surface area contributed by atoms with Crippen molar-refractivity contribution in [2.45, 2.75) is 64.4 Å². The molecule has 0 aromatic carbocycles. The van der Waals surface area contributed by atoms with Crippen molar-refractivity contribution in [2.75, 3.05) is 13.2 Å². The Balaban J connectivity index is 2.41. The number of rotatable bonds is 4. The fourth-order valence-corrected chi connectivity index (χ4v) is 1.81. The molecule has 0 aliphatic carbocycles. The summed E-state index contributed by atoms with van der Waals surface area (Å²) < 4.78 is 10.6. The number of hydrogen-bond acceptors (Lipinski definition) is 5. The molecule has 0 amide bonds. The lowest BCUT2D eigenvalue weighted by atomic mass is 9.96. The zero-order chi connectivity index (χ0) is 14.0. The first-order valence-electron chi connectivity index (χ1n) is 6.44. The van der Waals surface area contributed by atoms with Gasteiger partial charge in [-0.2, -0.15) is 0 Å². The number of carbonyl (C=O) groups excluding carboxylic acids is 1. The van der Waals surface area contributed by atoms with E-state index in [0.29, 0.717) is 19.6 Å². The minimum Gasteiger partial charge on any atom is -0.459 e. The van der Waals surface area contributed by atoms with E-state index >= 15 is 0 Å². The van der Waals surface area contributed by atoms with Crippen LogP contribution < -0.4 is 5.32 Å². The third-order valence-corrected chi connectivity index (χ3v) is 3.13. The van der Waals surface area contributed by atoms with Crippen LogP contribution >= 0.6 is 0 Å². The first-order valence-corrected chi connectivity index (χ1v) is 6.44. The van der Waals surface area contributed by atoms with Crippen molar-refractivity contribution < 1.29 is 19.4 Å². The Hall–Kier alpha value is -0.650. The first kappa shape index (κ1) is 15.4. The summed E-state index contributed by atoms with van der Waals surface area (Å²) in [6.07, 6.45) is 0.373. The van der Waals surface area contributed by atoms with Crippen molar-refractivity contribution in [3.05, 3.63) is 0 Å². The first-order chi connectivity index (χ1) is 8.14. The van der Waals surface area contributed by atoms with Crippen LogP contribution in [0.15, 0.2) is 0 Å². The minimum atomic E-state index is -0.893. The maximum atomic E-state index is 11.8. The average Bonchev–Trinajstić information content (AvgIpc) is 2.54. The third kappa shape index (κ3) is 4.23. The van der Waals surface area contributed by atoms with Crippen LogP contribution in [-0.2, 0) is 14.3 Å². The van der Waals surface area contributed by atoms with Crippen molar-refractivity contribution in [1.82, 2.24) is 5.32 Å². The molecule has 3 unspecified atom stereocenters. The monoisotopic (exact) mass is 259 g/mol. The molecule has 0 aromatic rings. The summed E-state index contributed by atoms with van der Waals surface area (Å²) in [5.41, 5.74) is -1.38. The van der Waals surface area contributed by atoms with Gasteiger partial charge in [0.05, 0.1) is 6.10 Å². The standard InChI is InChI=1S/C13H25NO4/c1-9(11(15)18-12(3,4)5)14-8-13(16)6-7-17-10(13)2/h9-10,14,16H,6-8H2,1-5H3. The van der Waals surface area contributed by atoms with Crippen LogP contribution in [0.5, 0.6) is 0 Å². The maximum Gasteiger partial charge on any atom is 0.323 e. The van der Waals surface area contributed by atoms with Crippen LogP contribution in [0.3, 0.4) is 0 Å². The molecule has 0 bridgehead atoms. The largest absolute Gasteiger partial charge is 0.459 e. The van der Waals surface area contributed by atoms with Crippen LogP contribution in [0.1, 0.15) is 41.0 Å². The van der Waals surface area contributed by atoms with Crippen LogP contribution in [-0.4, -0.2) is 47.6 Å². The molecule has 1 aliphatic heterocycles. The van der Waals surface area contributed by atoms with Crippen LogP contribution in [0, 0.1) is 0 Å². The molecule has 3 atom stereocenters. The Morgan fingerprint density at radius 3 is 2.67 bits per heavy atom. The van der Waals surface area contributed by atoms with E-state index < -0.39 is 17.2 Å². The molecule has 1 saturated heterocycles.